The van der Waals surface area contributed by atoms with Crippen LogP contribution in [-0.4, -0.2) is 54.8 Å². The zero-order valence-electron chi connectivity index (χ0n) is 11.2. The Bertz CT molecular complexity index is 353. The van der Waals surface area contributed by atoms with Crippen LogP contribution in [0.2, 0.25) is 0 Å². The molecule has 0 aromatic carbocycles. The molecule has 0 spiro atoms. The van der Waals surface area contributed by atoms with Crippen LogP contribution in [0.3, 0.4) is 0 Å². The van der Waals surface area contributed by atoms with Gasteiger partial charge < -0.3 is 19.1 Å². The van der Waals surface area contributed by atoms with E-state index in [1.807, 2.05) is 20.8 Å². The zero-order valence-corrected chi connectivity index (χ0v) is 12.1. The lowest BCUT2D eigenvalue weighted by Gasteiger charge is -2.31. The standard InChI is InChI=1S/C11H21O6P/c1-7(2)14-5-11-6-15-9(8(3)16-11)10(11)17-18(4,12)13/h7-10H,5-6H2,1-4H3,(H,12,13)/t8-,9+,10?,11-/m0/s1. The summed E-state index contributed by atoms with van der Waals surface area (Å²) >= 11 is 0. The van der Waals surface area contributed by atoms with E-state index < -0.39 is 19.3 Å². The highest BCUT2D eigenvalue weighted by Crippen LogP contribution is 2.49. The molecule has 2 aliphatic heterocycles. The van der Waals surface area contributed by atoms with Gasteiger partial charge in [0.2, 0.25) is 0 Å². The van der Waals surface area contributed by atoms with E-state index in [9.17, 15) is 9.46 Å². The number of fused-ring (bicyclic) bond motifs is 2. The molecule has 18 heavy (non-hydrogen) atoms. The van der Waals surface area contributed by atoms with Crippen LogP contribution >= 0.6 is 7.60 Å². The fraction of sp³-hybridized carbons (Fsp3) is 1.00. The summed E-state index contributed by atoms with van der Waals surface area (Å²) < 4.78 is 33.8. The SMILES string of the molecule is CC(C)OC[C@]12CO[C@@H](C1OP(C)(=O)O)[C@H](C)O2. The minimum atomic E-state index is -3.58. The van der Waals surface area contributed by atoms with Gasteiger partial charge in [-0.3, -0.25) is 9.09 Å². The summed E-state index contributed by atoms with van der Waals surface area (Å²) in [5.41, 5.74) is -0.761. The second-order valence-electron chi connectivity index (χ2n) is 5.35. The minimum absolute atomic E-state index is 0.0566. The Morgan fingerprint density at radius 2 is 2.22 bits per heavy atom. The van der Waals surface area contributed by atoms with Crippen molar-refractivity contribution in [3.8, 4) is 0 Å². The predicted octanol–water partition coefficient (Wildman–Crippen LogP) is 1.17. The summed E-state index contributed by atoms with van der Waals surface area (Å²) in [6.45, 7) is 7.53. The number of hydrogen-bond donors (Lipinski definition) is 1. The average molecular weight is 280 g/mol. The van der Waals surface area contributed by atoms with Crippen molar-refractivity contribution >= 4 is 7.60 Å². The molecule has 0 aromatic heterocycles. The van der Waals surface area contributed by atoms with E-state index in [-0.39, 0.29) is 18.3 Å². The maximum Gasteiger partial charge on any atom is 0.325 e. The summed E-state index contributed by atoms with van der Waals surface area (Å²) in [6, 6.07) is 0. The molecule has 106 valence electrons. The van der Waals surface area contributed by atoms with Gasteiger partial charge in [-0.15, -0.1) is 0 Å². The summed E-state index contributed by atoms with van der Waals surface area (Å²) in [7, 11) is -3.58. The molecule has 7 heteroatoms. The van der Waals surface area contributed by atoms with Crippen molar-refractivity contribution < 1.29 is 28.2 Å². The Morgan fingerprint density at radius 3 is 2.72 bits per heavy atom. The van der Waals surface area contributed by atoms with Crippen LogP contribution in [0.1, 0.15) is 20.8 Å². The molecule has 1 N–H and O–H groups in total. The summed E-state index contributed by atoms with van der Waals surface area (Å²) in [6.07, 6.45) is -0.958. The Morgan fingerprint density at radius 1 is 1.56 bits per heavy atom. The molecular weight excluding hydrogens is 259 g/mol. The number of rotatable bonds is 5. The summed E-state index contributed by atoms with van der Waals surface area (Å²) in [4.78, 5) is 9.40. The first kappa shape index (κ1) is 14.4. The van der Waals surface area contributed by atoms with Gasteiger partial charge in [-0.1, -0.05) is 0 Å². The minimum Gasteiger partial charge on any atom is -0.376 e. The van der Waals surface area contributed by atoms with Gasteiger partial charge in [0.1, 0.15) is 17.8 Å². The van der Waals surface area contributed by atoms with Crippen LogP contribution in [0.15, 0.2) is 0 Å². The monoisotopic (exact) mass is 280 g/mol. The van der Waals surface area contributed by atoms with Gasteiger partial charge >= 0.3 is 7.60 Å². The molecule has 0 aliphatic carbocycles. The van der Waals surface area contributed by atoms with Crippen molar-refractivity contribution in [3.05, 3.63) is 0 Å². The normalized spacial score (nSPS) is 42.4. The van der Waals surface area contributed by atoms with Gasteiger partial charge in [0.25, 0.3) is 0 Å². The topological polar surface area (TPSA) is 74.2 Å². The fourth-order valence-electron chi connectivity index (χ4n) is 2.46. The van der Waals surface area contributed by atoms with Gasteiger partial charge in [-0.2, -0.15) is 0 Å². The zero-order chi connectivity index (χ0) is 13.6. The largest absolute Gasteiger partial charge is 0.376 e. The Balaban J connectivity index is 2.13. The first-order valence-electron chi connectivity index (χ1n) is 6.13. The van der Waals surface area contributed by atoms with E-state index in [2.05, 4.69) is 0 Å². The van der Waals surface area contributed by atoms with Crippen molar-refractivity contribution in [1.82, 2.24) is 0 Å². The van der Waals surface area contributed by atoms with E-state index in [0.717, 1.165) is 0 Å². The summed E-state index contributed by atoms with van der Waals surface area (Å²) in [5, 5.41) is 0. The van der Waals surface area contributed by atoms with Gasteiger partial charge in [0.15, 0.2) is 0 Å². The van der Waals surface area contributed by atoms with Crippen LogP contribution in [0.4, 0.5) is 0 Å². The molecule has 2 aliphatic rings. The highest BCUT2D eigenvalue weighted by Gasteiger charge is 2.62. The first-order chi connectivity index (χ1) is 8.23. The van der Waals surface area contributed by atoms with E-state index in [4.69, 9.17) is 18.7 Å². The lowest BCUT2D eigenvalue weighted by atomic mass is 10.00. The van der Waals surface area contributed by atoms with Crippen LogP contribution in [0.25, 0.3) is 0 Å². The predicted molar refractivity (Wildman–Crippen MR) is 64.7 cm³/mol. The van der Waals surface area contributed by atoms with E-state index in [1.54, 1.807) is 0 Å². The third-order valence-electron chi connectivity index (χ3n) is 3.19. The molecule has 2 unspecified atom stereocenters. The van der Waals surface area contributed by atoms with E-state index in [0.29, 0.717) is 13.2 Å². The van der Waals surface area contributed by atoms with Crippen LogP contribution < -0.4 is 0 Å². The molecule has 2 rings (SSSR count). The Hall–Kier alpha value is 0.0300. The van der Waals surface area contributed by atoms with Crippen LogP contribution in [-0.2, 0) is 23.3 Å². The molecule has 2 bridgehead atoms. The van der Waals surface area contributed by atoms with Gasteiger partial charge in [-0.25, -0.2) is 0 Å². The molecule has 6 nitrogen and oxygen atoms in total. The molecule has 0 radical (unpaired) electrons. The maximum absolute atomic E-state index is 11.5. The van der Waals surface area contributed by atoms with E-state index in [1.165, 1.54) is 6.66 Å². The highest BCUT2D eigenvalue weighted by atomic mass is 31.2. The Labute approximate surface area is 107 Å². The lowest BCUT2D eigenvalue weighted by molar-refractivity contribution is -0.168. The molecule has 2 heterocycles. The molecule has 0 aromatic rings. The second-order valence-corrected chi connectivity index (χ2v) is 7.17. The molecule has 5 atom stereocenters. The fourth-order valence-corrected chi connectivity index (χ4v) is 3.19. The van der Waals surface area contributed by atoms with Crippen molar-refractivity contribution in [2.45, 2.75) is 50.8 Å². The third-order valence-corrected chi connectivity index (χ3v) is 3.81. The van der Waals surface area contributed by atoms with Crippen molar-refractivity contribution in [1.29, 1.82) is 0 Å². The molecular formula is C11H21O6P. The molecule has 0 saturated carbocycles. The van der Waals surface area contributed by atoms with Crippen molar-refractivity contribution in [2.24, 2.45) is 0 Å². The van der Waals surface area contributed by atoms with Crippen molar-refractivity contribution in [2.75, 3.05) is 19.9 Å². The molecule has 2 saturated heterocycles. The number of ether oxygens (including phenoxy) is 3. The maximum atomic E-state index is 11.5. The van der Waals surface area contributed by atoms with Gasteiger partial charge in [-0.05, 0) is 20.8 Å². The summed E-state index contributed by atoms with van der Waals surface area (Å²) in [5.74, 6) is 0. The molecule has 2 fully saturated rings. The first-order valence-corrected chi connectivity index (χ1v) is 8.16. The number of hydrogen-bond acceptors (Lipinski definition) is 5. The van der Waals surface area contributed by atoms with Crippen molar-refractivity contribution in [3.63, 3.8) is 0 Å². The van der Waals surface area contributed by atoms with Gasteiger partial charge in [0.05, 0.1) is 25.4 Å². The second kappa shape index (κ2) is 4.85. The smallest absolute Gasteiger partial charge is 0.325 e. The van der Waals surface area contributed by atoms with Gasteiger partial charge in [0, 0.05) is 6.66 Å². The third kappa shape index (κ3) is 2.79. The molecule has 0 amide bonds. The lowest BCUT2D eigenvalue weighted by Crippen LogP contribution is -2.46. The highest BCUT2D eigenvalue weighted by molar-refractivity contribution is 7.51. The van der Waals surface area contributed by atoms with Crippen LogP contribution in [0.5, 0.6) is 0 Å². The Kier molecular flexibility index (Phi) is 3.89. The average Bonchev–Trinajstić information content (AvgIpc) is 2.65. The van der Waals surface area contributed by atoms with Crippen LogP contribution in [0, 0.1) is 0 Å². The quantitative estimate of drug-likeness (QED) is 0.762. The van der Waals surface area contributed by atoms with E-state index >= 15 is 0 Å².